The third-order valence-corrected chi connectivity index (χ3v) is 7.35. The fourth-order valence-electron chi connectivity index (χ4n) is 4.37. The number of aromatic nitrogens is 1. The van der Waals surface area contributed by atoms with E-state index in [0.717, 1.165) is 0 Å². The van der Waals surface area contributed by atoms with Crippen LogP contribution >= 0.6 is 0 Å². The van der Waals surface area contributed by atoms with Gasteiger partial charge in [-0.3, -0.25) is 19.1 Å². The van der Waals surface area contributed by atoms with E-state index < -0.39 is 10.0 Å². The predicted octanol–water partition coefficient (Wildman–Crippen LogP) is 4.31. The lowest BCUT2D eigenvalue weighted by Gasteiger charge is -2.09. The smallest absolute Gasteiger partial charge is 0.306 e. The molecule has 3 aromatic rings. The van der Waals surface area contributed by atoms with Crippen LogP contribution in [0.25, 0.3) is 11.6 Å². The molecule has 10 heteroatoms. The summed E-state index contributed by atoms with van der Waals surface area (Å²) < 4.78 is 33.1. The summed E-state index contributed by atoms with van der Waals surface area (Å²) in [7, 11) is -3.82. The van der Waals surface area contributed by atoms with Gasteiger partial charge in [0.15, 0.2) is 5.78 Å². The number of sulfonamides is 1. The Labute approximate surface area is 215 Å². The molecule has 9 nitrogen and oxygen atoms in total. The van der Waals surface area contributed by atoms with Crippen LogP contribution in [0.3, 0.4) is 0 Å². The number of benzene rings is 2. The van der Waals surface area contributed by atoms with Crippen molar-refractivity contribution in [3.05, 3.63) is 76.6 Å². The van der Waals surface area contributed by atoms with Crippen LogP contribution in [0.5, 0.6) is 0 Å². The van der Waals surface area contributed by atoms with Gasteiger partial charge >= 0.3 is 5.97 Å². The van der Waals surface area contributed by atoms with Crippen LogP contribution in [-0.2, 0) is 30.8 Å². The molecule has 1 aliphatic rings. The second-order valence-corrected chi connectivity index (χ2v) is 10.3. The minimum Gasteiger partial charge on any atom is -0.466 e. The number of Topliss-reactive ketones (excluding diaryl/α,β-unsaturated/α-hetero) is 1. The van der Waals surface area contributed by atoms with Gasteiger partial charge in [0.1, 0.15) is 0 Å². The molecule has 3 N–H and O–H groups in total. The highest BCUT2D eigenvalue weighted by Gasteiger charge is 2.27. The number of ketones is 1. The van der Waals surface area contributed by atoms with Gasteiger partial charge in [0.05, 0.1) is 17.1 Å². The lowest BCUT2D eigenvalue weighted by molar-refractivity contribution is -0.143. The monoisotopic (exact) mass is 521 g/mol. The molecule has 0 fully saturated rings. The van der Waals surface area contributed by atoms with Gasteiger partial charge in [0.2, 0.25) is 0 Å². The molecule has 1 amide bonds. The van der Waals surface area contributed by atoms with Gasteiger partial charge in [0.25, 0.3) is 15.9 Å². The fourth-order valence-corrected chi connectivity index (χ4v) is 5.44. The van der Waals surface area contributed by atoms with Gasteiger partial charge in [0, 0.05) is 40.3 Å². The molecule has 1 aromatic heterocycles. The second kappa shape index (κ2) is 10.4. The molecule has 192 valence electrons. The summed E-state index contributed by atoms with van der Waals surface area (Å²) >= 11 is 0. The summed E-state index contributed by atoms with van der Waals surface area (Å²) in [6.07, 6.45) is 1.95. The Kier molecular flexibility index (Phi) is 7.30. The Hall–Kier alpha value is -4.18. The maximum atomic E-state index is 12.9. The van der Waals surface area contributed by atoms with Crippen LogP contribution in [0.1, 0.15) is 53.1 Å². The van der Waals surface area contributed by atoms with Crippen LogP contribution in [0.15, 0.2) is 53.4 Å². The second-order valence-electron chi connectivity index (χ2n) is 8.57. The molecule has 1 aliphatic heterocycles. The van der Waals surface area contributed by atoms with Gasteiger partial charge in [-0.25, -0.2) is 8.42 Å². The number of rotatable bonds is 9. The van der Waals surface area contributed by atoms with Crippen molar-refractivity contribution < 1.29 is 27.5 Å². The van der Waals surface area contributed by atoms with Gasteiger partial charge in [-0.15, -0.1) is 0 Å². The zero-order chi connectivity index (χ0) is 26.7. The van der Waals surface area contributed by atoms with Crippen LogP contribution < -0.4 is 10.0 Å². The van der Waals surface area contributed by atoms with E-state index in [1.165, 1.54) is 19.1 Å². The van der Waals surface area contributed by atoms with Crippen molar-refractivity contribution in [1.82, 2.24) is 4.98 Å². The molecule has 37 heavy (non-hydrogen) atoms. The first-order chi connectivity index (χ1) is 17.6. The minimum absolute atomic E-state index is 0.0792. The van der Waals surface area contributed by atoms with Crippen LogP contribution in [0, 0.1) is 6.92 Å². The molecule has 0 spiro atoms. The fraction of sp³-hybridized carbons (Fsp3) is 0.222. The largest absolute Gasteiger partial charge is 0.466 e. The lowest BCUT2D eigenvalue weighted by Crippen LogP contribution is -2.12. The molecular weight excluding hydrogens is 494 g/mol. The Morgan fingerprint density at radius 2 is 1.84 bits per heavy atom. The number of nitrogens with one attached hydrogen (secondary N) is 3. The summed E-state index contributed by atoms with van der Waals surface area (Å²) in [5, 5.41) is 2.78. The molecule has 0 radical (unpaired) electrons. The van der Waals surface area contributed by atoms with Crippen molar-refractivity contribution in [2.75, 3.05) is 16.6 Å². The molecule has 0 saturated carbocycles. The summed E-state index contributed by atoms with van der Waals surface area (Å²) in [6.45, 7) is 5.18. The number of fused-ring (bicyclic) bond motifs is 1. The molecule has 4 rings (SSSR count). The summed E-state index contributed by atoms with van der Waals surface area (Å²) in [4.78, 5) is 40.5. The number of carbonyl (C=O) groups excluding carboxylic acids is 3. The van der Waals surface area contributed by atoms with Crippen LogP contribution in [0.4, 0.5) is 11.4 Å². The molecule has 0 saturated heterocycles. The van der Waals surface area contributed by atoms with Gasteiger partial charge in [-0.1, -0.05) is 18.2 Å². The average molecular weight is 522 g/mol. The highest BCUT2D eigenvalue weighted by molar-refractivity contribution is 7.92. The first-order valence-corrected chi connectivity index (χ1v) is 13.2. The quantitative estimate of drug-likeness (QED) is 0.218. The molecule has 0 unspecified atom stereocenters. The number of hydrogen-bond acceptors (Lipinski definition) is 6. The van der Waals surface area contributed by atoms with E-state index in [1.54, 1.807) is 56.3 Å². The highest BCUT2D eigenvalue weighted by Crippen LogP contribution is 2.36. The van der Waals surface area contributed by atoms with Crippen molar-refractivity contribution in [1.29, 1.82) is 0 Å². The molecule has 0 aliphatic carbocycles. The zero-order valence-electron chi connectivity index (χ0n) is 20.7. The SMILES string of the molecule is CCOC(=O)CCc1c(/C=C2\C(=O)Nc3ccc(NS(=O)(=O)c4ccccc4)cc32)[nH]c(C)c1C(C)=O. The molecule has 0 bridgehead atoms. The summed E-state index contributed by atoms with van der Waals surface area (Å²) in [5.74, 6) is -0.911. The Balaban J connectivity index is 1.72. The minimum atomic E-state index is -3.82. The van der Waals surface area contributed by atoms with E-state index >= 15 is 0 Å². The molecule has 2 heterocycles. The number of amides is 1. The maximum absolute atomic E-state index is 12.9. The van der Waals surface area contributed by atoms with E-state index in [-0.39, 0.29) is 42.0 Å². The van der Waals surface area contributed by atoms with Gasteiger partial charge in [-0.05, 0) is 69.2 Å². The number of carbonyl (C=O) groups is 3. The molecule has 2 aromatic carbocycles. The molecular formula is C27H27N3O6S. The van der Waals surface area contributed by atoms with Crippen LogP contribution in [-0.4, -0.2) is 37.7 Å². The summed E-state index contributed by atoms with van der Waals surface area (Å²) in [6, 6.07) is 12.7. The topological polar surface area (TPSA) is 134 Å². The van der Waals surface area contributed by atoms with E-state index in [1.807, 2.05) is 0 Å². The van der Waals surface area contributed by atoms with Gasteiger partial charge < -0.3 is 15.0 Å². The van der Waals surface area contributed by atoms with Crippen molar-refractivity contribution in [3.8, 4) is 0 Å². The Morgan fingerprint density at radius 3 is 2.51 bits per heavy atom. The maximum Gasteiger partial charge on any atom is 0.306 e. The standard InChI is InChI=1S/C27H27N3O6S/c1-4-36-25(32)13-11-20-24(28-16(2)26(20)17(3)31)15-22-21-14-18(10-12-23(21)29-27(22)33)30-37(34,35)19-8-6-5-7-9-19/h5-10,12,14-15,28,30H,4,11,13H2,1-3H3,(H,29,33)/b22-15-. The first-order valence-electron chi connectivity index (χ1n) is 11.7. The Bertz CT molecular complexity index is 1520. The molecule has 0 atom stereocenters. The van der Waals surface area contributed by atoms with Crippen molar-refractivity contribution in [3.63, 3.8) is 0 Å². The third-order valence-electron chi connectivity index (χ3n) is 5.96. The van der Waals surface area contributed by atoms with E-state index in [0.29, 0.717) is 45.0 Å². The number of ether oxygens (including phenoxy) is 1. The Morgan fingerprint density at radius 1 is 1.11 bits per heavy atom. The van der Waals surface area contributed by atoms with E-state index in [2.05, 4.69) is 15.0 Å². The lowest BCUT2D eigenvalue weighted by atomic mass is 9.98. The first kappa shape index (κ1) is 25.9. The van der Waals surface area contributed by atoms with E-state index in [9.17, 15) is 22.8 Å². The third kappa shape index (κ3) is 5.49. The normalized spacial score (nSPS) is 13.8. The summed E-state index contributed by atoms with van der Waals surface area (Å²) in [5.41, 5.74) is 3.87. The number of aromatic amines is 1. The van der Waals surface area contributed by atoms with Crippen LogP contribution in [0.2, 0.25) is 0 Å². The zero-order valence-corrected chi connectivity index (χ0v) is 21.5. The number of H-pyrrole nitrogens is 1. The predicted molar refractivity (Wildman–Crippen MR) is 141 cm³/mol. The van der Waals surface area contributed by atoms with E-state index in [4.69, 9.17) is 4.74 Å². The number of aryl methyl sites for hydroxylation is 1. The van der Waals surface area contributed by atoms with Crippen molar-refractivity contribution in [2.24, 2.45) is 0 Å². The van der Waals surface area contributed by atoms with Crippen molar-refractivity contribution in [2.45, 2.75) is 38.5 Å². The average Bonchev–Trinajstić information content (AvgIpc) is 3.33. The number of anilines is 2. The van der Waals surface area contributed by atoms with Crippen molar-refractivity contribution >= 4 is 50.7 Å². The highest BCUT2D eigenvalue weighted by atomic mass is 32.2. The number of hydrogen-bond donors (Lipinski definition) is 3. The van der Waals surface area contributed by atoms with Gasteiger partial charge in [-0.2, -0.15) is 0 Å². The number of esters is 1.